The highest BCUT2D eigenvalue weighted by molar-refractivity contribution is 5.93. The van der Waals surface area contributed by atoms with Gasteiger partial charge in [-0.15, -0.1) is 0 Å². The minimum absolute atomic E-state index is 0.0682. The van der Waals surface area contributed by atoms with Crippen LogP contribution in [0.5, 0.6) is 5.75 Å². The van der Waals surface area contributed by atoms with Gasteiger partial charge in [-0.2, -0.15) is 0 Å². The Kier molecular flexibility index (Phi) is 4.42. The second-order valence-corrected chi connectivity index (χ2v) is 6.44. The molecule has 0 unspecified atom stereocenters. The molecule has 120 valence electrons. The van der Waals surface area contributed by atoms with Gasteiger partial charge < -0.3 is 9.64 Å². The maximum Gasteiger partial charge on any atom is 0.274 e. The largest absolute Gasteiger partial charge is 0.491 e. The van der Waals surface area contributed by atoms with Gasteiger partial charge in [-0.25, -0.2) is 5.48 Å². The molecule has 0 spiro atoms. The van der Waals surface area contributed by atoms with Gasteiger partial charge in [-0.05, 0) is 26.0 Å². The highest BCUT2D eigenvalue weighted by Gasteiger charge is 2.36. The predicted octanol–water partition coefficient (Wildman–Crippen LogP) is 1.96. The van der Waals surface area contributed by atoms with Crippen LogP contribution in [0.4, 0.5) is 0 Å². The van der Waals surface area contributed by atoms with Crippen LogP contribution < -0.4 is 10.2 Å². The smallest absolute Gasteiger partial charge is 0.274 e. The molecule has 2 rings (SSSR count). The van der Waals surface area contributed by atoms with Crippen LogP contribution in [0.15, 0.2) is 18.2 Å². The number of carbonyl (C=O) groups is 2. The Morgan fingerprint density at radius 3 is 2.64 bits per heavy atom. The van der Waals surface area contributed by atoms with Crippen LogP contribution in [-0.2, 0) is 11.3 Å². The SMILES string of the molecule is CC(C)C(=O)N1Cc2ccc(C(=O)NO)cc2OCC1(C)C. The van der Waals surface area contributed by atoms with E-state index in [4.69, 9.17) is 9.94 Å². The molecule has 1 aliphatic rings. The molecule has 0 saturated carbocycles. The molecule has 2 N–H and O–H groups in total. The number of nitrogens with zero attached hydrogens (tertiary/aromatic N) is 1. The number of hydroxylamine groups is 1. The van der Waals surface area contributed by atoms with Crippen LogP contribution in [0.1, 0.15) is 43.6 Å². The Bertz CT molecular complexity index is 596. The maximum atomic E-state index is 12.5. The first-order valence-corrected chi connectivity index (χ1v) is 7.28. The minimum Gasteiger partial charge on any atom is -0.491 e. The van der Waals surface area contributed by atoms with Gasteiger partial charge in [0.1, 0.15) is 12.4 Å². The molecule has 0 atom stereocenters. The van der Waals surface area contributed by atoms with E-state index in [1.165, 1.54) is 0 Å². The number of amides is 2. The molecule has 0 aliphatic carbocycles. The number of fused-ring (bicyclic) bond motifs is 1. The zero-order valence-electron chi connectivity index (χ0n) is 13.3. The van der Waals surface area contributed by atoms with E-state index in [0.29, 0.717) is 24.5 Å². The van der Waals surface area contributed by atoms with Crippen molar-refractivity contribution in [3.63, 3.8) is 0 Å². The monoisotopic (exact) mass is 306 g/mol. The maximum absolute atomic E-state index is 12.5. The Morgan fingerprint density at radius 2 is 2.05 bits per heavy atom. The molecule has 1 heterocycles. The summed E-state index contributed by atoms with van der Waals surface area (Å²) in [7, 11) is 0. The number of nitrogens with one attached hydrogen (secondary N) is 1. The summed E-state index contributed by atoms with van der Waals surface area (Å²) in [6, 6.07) is 4.94. The fourth-order valence-electron chi connectivity index (χ4n) is 2.43. The Morgan fingerprint density at radius 1 is 1.36 bits per heavy atom. The first-order chi connectivity index (χ1) is 10.3. The van der Waals surface area contributed by atoms with Gasteiger partial charge in [-0.1, -0.05) is 19.9 Å². The molecule has 0 fully saturated rings. The van der Waals surface area contributed by atoms with Gasteiger partial charge in [0.25, 0.3) is 5.91 Å². The van der Waals surface area contributed by atoms with E-state index in [1.54, 1.807) is 23.7 Å². The van der Waals surface area contributed by atoms with Crippen LogP contribution in [0.25, 0.3) is 0 Å². The summed E-state index contributed by atoms with van der Waals surface area (Å²) in [5, 5.41) is 8.71. The van der Waals surface area contributed by atoms with Crippen LogP contribution in [-0.4, -0.2) is 34.1 Å². The zero-order chi connectivity index (χ0) is 16.5. The van der Waals surface area contributed by atoms with Crippen molar-refractivity contribution >= 4 is 11.8 Å². The first-order valence-electron chi connectivity index (χ1n) is 7.28. The lowest BCUT2D eigenvalue weighted by molar-refractivity contribution is -0.141. The van der Waals surface area contributed by atoms with Crippen LogP contribution in [0, 0.1) is 5.92 Å². The van der Waals surface area contributed by atoms with Crippen LogP contribution in [0.2, 0.25) is 0 Å². The fourth-order valence-corrected chi connectivity index (χ4v) is 2.43. The van der Waals surface area contributed by atoms with E-state index in [2.05, 4.69) is 0 Å². The van der Waals surface area contributed by atoms with Crippen LogP contribution >= 0.6 is 0 Å². The number of benzene rings is 1. The number of carbonyl (C=O) groups excluding carboxylic acids is 2. The van der Waals surface area contributed by atoms with Gasteiger partial charge in [0, 0.05) is 23.6 Å². The second kappa shape index (κ2) is 5.96. The number of ether oxygens (including phenoxy) is 1. The molecule has 22 heavy (non-hydrogen) atoms. The molecule has 6 nitrogen and oxygen atoms in total. The number of rotatable bonds is 2. The molecule has 6 heteroatoms. The lowest BCUT2D eigenvalue weighted by Gasteiger charge is -2.37. The Labute approximate surface area is 130 Å². The van der Waals surface area contributed by atoms with Gasteiger partial charge in [0.15, 0.2) is 0 Å². The third-order valence-electron chi connectivity index (χ3n) is 3.83. The fraction of sp³-hybridized carbons (Fsp3) is 0.500. The molecule has 0 radical (unpaired) electrons. The van der Waals surface area contributed by atoms with E-state index in [0.717, 1.165) is 5.56 Å². The molecule has 1 aromatic rings. The van der Waals surface area contributed by atoms with E-state index in [1.807, 2.05) is 32.6 Å². The second-order valence-electron chi connectivity index (χ2n) is 6.44. The van der Waals surface area contributed by atoms with Crippen molar-refractivity contribution in [1.82, 2.24) is 10.4 Å². The summed E-state index contributed by atoms with van der Waals surface area (Å²) in [5.74, 6) is -0.0582. The molecule has 0 saturated heterocycles. The normalized spacial score (nSPS) is 16.5. The molecular weight excluding hydrogens is 284 g/mol. The standard InChI is InChI=1S/C16H22N2O4/c1-10(2)15(20)18-8-12-6-5-11(14(19)17-21)7-13(12)22-9-16(18,3)4/h5-7,10,21H,8-9H2,1-4H3,(H,17,19). The molecule has 1 aliphatic heterocycles. The average Bonchev–Trinajstić information content (AvgIpc) is 2.61. The molecule has 0 bridgehead atoms. The molecule has 1 aromatic carbocycles. The van der Waals surface area contributed by atoms with E-state index in [9.17, 15) is 9.59 Å². The van der Waals surface area contributed by atoms with Gasteiger partial charge >= 0.3 is 0 Å². The summed E-state index contributed by atoms with van der Waals surface area (Å²) < 4.78 is 5.80. The third kappa shape index (κ3) is 3.06. The average molecular weight is 306 g/mol. The van der Waals surface area contributed by atoms with Crippen molar-refractivity contribution in [2.75, 3.05) is 6.61 Å². The van der Waals surface area contributed by atoms with Gasteiger partial charge in [-0.3, -0.25) is 14.8 Å². The third-order valence-corrected chi connectivity index (χ3v) is 3.83. The van der Waals surface area contributed by atoms with Crippen molar-refractivity contribution in [2.24, 2.45) is 5.92 Å². The van der Waals surface area contributed by atoms with Crippen LogP contribution in [0.3, 0.4) is 0 Å². The lowest BCUT2D eigenvalue weighted by atomic mass is 10.0. The van der Waals surface area contributed by atoms with Crippen molar-refractivity contribution in [1.29, 1.82) is 0 Å². The topological polar surface area (TPSA) is 78.9 Å². The van der Waals surface area contributed by atoms with E-state index >= 15 is 0 Å². The zero-order valence-corrected chi connectivity index (χ0v) is 13.3. The highest BCUT2D eigenvalue weighted by atomic mass is 16.5. The first kappa shape index (κ1) is 16.3. The summed E-state index contributed by atoms with van der Waals surface area (Å²) in [6.45, 7) is 8.43. The van der Waals surface area contributed by atoms with Crippen molar-refractivity contribution in [2.45, 2.75) is 39.8 Å². The van der Waals surface area contributed by atoms with Crippen molar-refractivity contribution in [3.8, 4) is 5.75 Å². The predicted molar refractivity (Wildman–Crippen MR) is 80.7 cm³/mol. The summed E-state index contributed by atoms with van der Waals surface area (Å²) in [6.07, 6.45) is 0. The quantitative estimate of drug-likeness (QED) is 0.647. The highest BCUT2D eigenvalue weighted by Crippen LogP contribution is 2.31. The molecule has 2 amide bonds. The van der Waals surface area contributed by atoms with Gasteiger partial charge in [0.2, 0.25) is 5.91 Å². The van der Waals surface area contributed by atoms with Gasteiger partial charge in [0.05, 0.1) is 5.54 Å². The van der Waals surface area contributed by atoms with Crippen molar-refractivity contribution in [3.05, 3.63) is 29.3 Å². The number of hydrogen-bond donors (Lipinski definition) is 2. The summed E-state index contributed by atoms with van der Waals surface area (Å²) in [5.41, 5.74) is 2.31. The Hall–Kier alpha value is -2.08. The Balaban J connectivity index is 2.38. The van der Waals surface area contributed by atoms with E-state index < -0.39 is 11.4 Å². The number of hydrogen-bond acceptors (Lipinski definition) is 4. The molecular formula is C16H22N2O4. The lowest BCUT2D eigenvalue weighted by Crippen LogP contribution is -2.51. The summed E-state index contributed by atoms with van der Waals surface area (Å²) in [4.78, 5) is 25.8. The van der Waals surface area contributed by atoms with E-state index in [-0.39, 0.29) is 11.8 Å². The van der Waals surface area contributed by atoms with Crippen molar-refractivity contribution < 1.29 is 19.5 Å². The molecule has 0 aromatic heterocycles. The summed E-state index contributed by atoms with van der Waals surface area (Å²) >= 11 is 0. The minimum atomic E-state index is -0.593.